The molecule has 0 saturated carbocycles. The molecule has 0 atom stereocenters. The third kappa shape index (κ3) is 3.02. The van der Waals surface area contributed by atoms with Crippen LogP contribution in [0.25, 0.3) is 0 Å². The fraction of sp³-hybridized carbons (Fsp3) is 0.0909. The molecule has 0 fully saturated rings. The van der Waals surface area contributed by atoms with Crippen LogP contribution in [0.15, 0.2) is 47.2 Å². The smallest absolute Gasteiger partial charge is 0.316 e. The third-order valence-electron chi connectivity index (χ3n) is 1.80. The molecule has 1 aromatic heterocycles. The van der Waals surface area contributed by atoms with Crippen molar-refractivity contribution in [3.63, 3.8) is 0 Å². The van der Waals surface area contributed by atoms with Gasteiger partial charge in [-0.15, -0.1) is 0 Å². The summed E-state index contributed by atoms with van der Waals surface area (Å²) in [4.78, 5) is 7.94. The van der Waals surface area contributed by atoms with Crippen LogP contribution in [-0.4, -0.2) is 9.97 Å². The molecule has 15 heavy (non-hydrogen) atoms. The van der Waals surface area contributed by atoms with Crippen LogP contribution in [0.5, 0.6) is 6.01 Å². The Kier molecular flexibility index (Phi) is 3.29. The Morgan fingerprint density at radius 1 is 1.13 bits per heavy atom. The molecule has 1 heterocycles. The Labute approximate surface area is 96.3 Å². The SMILES string of the molecule is Brc1cccc(COc2ncccn2)c1. The Hall–Kier alpha value is -1.42. The summed E-state index contributed by atoms with van der Waals surface area (Å²) in [6.07, 6.45) is 3.31. The molecule has 0 spiro atoms. The summed E-state index contributed by atoms with van der Waals surface area (Å²) in [5.74, 6) is 0. The van der Waals surface area contributed by atoms with E-state index in [2.05, 4.69) is 25.9 Å². The number of halogens is 1. The van der Waals surface area contributed by atoms with Crippen LogP contribution in [0.4, 0.5) is 0 Å². The van der Waals surface area contributed by atoms with Crippen molar-refractivity contribution in [3.05, 3.63) is 52.8 Å². The van der Waals surface area contributed by atoms with Gasteiger partial charge < -0.3 is 4.74 Å². The van der Waals surface area contributed by atoms with Crippen molar-refractivity contribution in [2.45, 2.75) is 6.61 Å². The molecule has 0 N–H and O–H groups in total. The molecular formula is C11H9BrN2O. The first-order valence-corrected chi connectivity index (χ1v) is 5.28. The number of ether oxygens (including phenoxy) is 1. The van der Waals surface area contributed by atoms with Crippen LogP contribution in [-0.2, 0) is 6.61 Å². The van der Waals surface area contributed by atoms with Gasteiger partial charge in [0.25, 0.3) is 0 Å². The van der Waals surface area contributed by atoms with E-state index in [0.29, 0.717) is 12.6 Å². The third-order valence-corrected chi connectivity index (χ3v) is 2.29. The summed E-state index contributed by atoms with van der Waals surface area (Å²) < 4.78 is 6.44. The summed E-state index contributed by atoms with van der Waals surface area (Å²) in [5, 5.41) is 0. The van der Waals surface area contributed by atoms with Crippen LogP contribution in [0.3, 0.4) is 0 Å². The van der Waals surface area contributed by atoms with Gasteiger partial charge in [0.1, 0.15) is 6.61 Å². The Morgan fingerprint density at radius 3 is 2.67 bits per heavy atom. The minimum Gasteiger partial charge on any atom is -0.459 e. The lowest BCUT2D eigenvalue weighted by molar-refractivity contribution is 0.280. The van der Waals surface area contributed by atoms with Crippen molar-refractivity contribution >= 4 is 15.9 Å². The van der Waals surface area contributed by atoms with Gasteiger partial charge in [-0.2, -0.15) is 0 Å². The predicted molar refractivity (Wildman–Crippen MR) is 60.5 cm³/mol. The molecule has 1 aromatic carbocycles. The number of benzene rings is 1. The van der Waals surface area contributed by atoms with E-state index in [1.165, 1.54) is 0 Å². The Balaban J connectivity index is 1.99. The molecule has 0 aliphatic heterocycles. The lowest BCUT2D eigenvalue weighted by Crippen LogP contribution is -1.98. The van der Waals surface area contributed by atoms with Crippen LogP contribution in [0.2, 0.25) is 0 Å². The van der Waals surface area contributed by atoms with Gasteiger partial charge >= 0.3 is 6.01 Å². The molecule has 0 unspecified atom stereocenters. The van der Waals surface area contributed by atoms with E-state index in [-0.39, 0.29) is 0 Å². The molecule has 4 heteroatoms. The van der Waals surface area contributed by atoms with E-state index in [4.69, 9.17) is 4.74 Å². The molecular weight excluding hydrogens is 256 g/mol. The molecule has 0 bridgehead atoms. The van der Waals surface area contributed by atoms with Gasteiger partial charge in [0.15, 0.2) is 0 Å². The number of aromatic nitrogens is 2. The van der Waals surface area contributed by atoms with Gasteiger partial charge in [0.2, 0.25) is 0 Å². The van der Waals surface area contributed by atoms with Gasteiger partial charge in [-0.25, -0.2) is 9.97 Å². The average Bonchev–Trinajstić information content (AvgIpc) is 2.28. The number of rotatable bonds is 3. The topological polar surface area (TPSA) is 35.0 Å². The second-order valence-corrected chi connectivity index (χ2v) is 3.87. The van der Waals surface area contributed by atoms with E-state index in [1.807, 2.05) is 24.3 Å². The number of hydrogen-bond donors (Lipinski definition) is 0. The fourth-order valence-corrected chi connectivity index (χ4v) is 1.58. The molecule has 3 nitrogen and oxygen atoms in total. The molecule has 76 valence electrons. The normalized spacial score (nSPS) is 9.93. The van der Waals surface area contributed by atoms with E-state index < -0.39 is 0 Å². The Morgan fingerprint density at radius 2 is 1.93 bits per heavy atom. The van der Waals surface area contributed by atoms with Crippen molar-refractivity contribution < 1.29 is 4.74 Å². The molecule has 0 aliphatic rings. The van der Waals surface area contributed by atoms with Crippen molar-refractivity contribution in [1.82, 2.24) is 9.97 Å². The lowest BCUT2D eigenvalue weighted by atomic mass is 10.2. The molecule has 2 aromatic rings. The van der Waals surface area contributed by atoms with Crippen molar-refractivity contribution in [2.24, 2.45) is 0 Å². The highest BCUT2D eigenvalue weighted by Gasteiger charge is 1.97. The zero-order valence-electron chi connectivity index (χ0n) is 7.93. The predicted octanol–water partition coefficient (Wildman–Crippen LogP) is 2.82. The second kappa shape index (κ2) is 4.89. The first-order valence-electron chi connectivity index (χ1n) is 4.49. The largest absolute Gasteiger partial charge is 0.459 e. The van der Waals surface area contributed by atoms with Crippen LogP contribution in [0.1, 0.15) is 5.56 Å². The van der Waals surface area contributed by atoms with E-state index in [0.717, 1.165) is 10.0 Å². The van der Waals surface area contributed by atoms with Crippen molar-refractivity contribution in [1.29, 1.82) is 0 Å². The summed E-state index contributed by atoms with van der Waals surface area (Å²) >= 11 is 3.40. The van der Waals surface area contributed by atoms with Crippen LogP contribution < -0.4 is 4.74 Å². The number of hydrogen-bond acceptors (Lipinski definition) is 3. The van der Waals surface area contributed by atoms with E-state index in [9.17, 15) is 0 Å². The summed E-state index contributed by atoms with van der Waals surface area (Å²) in [5.41, 5.74) is 1.08. The Bertz CT molecular complexity index is 434. The zero-order valence-corrected chi connectivity index (χ0v) is 9.52. The quantitative estimate of drug-likeness (QED) is 0.855. The summed E-state index contributed by atoms with van der Waals surface area (Å²) in [6, 6.07) is 10.1. The van der Waals surface area contributed by atoms with Crippen LogP contribution in [0, 0.1) is 0 Å². The molecule has 0 amide bonds. The highest BCUT2D eigenvalue weighted by molar-refractivity contribution is 9.10. The maximum atomic E-state index is 5.40. The molecule has 0 saturated heterocycles. The monoisotopic (exact) mass is 264 g/mol. The standard InChI is InChI=1S/C11H9BrN2O/c12-10-4-1-3-9(7-10)8-15-11-13-5-2-6-14-11/h1-7H,8H2. The zero-order chi connectivity index (χ0) is 10.5. The highest BCUT2D eigenvalue weighted by atomic mass is 79.9. The fourth-order valence-electron chi connectivity index (χ4n) is 1.13. The second-order valence-electron chi connectivity index (χ2n) is 2.95. The van der Waals surface area contributed by atoms with Gasteiger partial charge in [0.05, 0.1) is 0 Å². The van der Waals surface area contributed by atoms with Gasteiger partial charge in [-0.1, -0.05) is 28.1 Å². The minimum atomic E-state index is 0.400. The first-order chi connectivity index (χ1) is 7.34. The molecule has 2 rings (SSSR count). The molecule has 0 aliphatic carbocycles. The lowest BCUT2D eigenvalue weighted by Gasteiger charge is -2.03. The van der Waals surface area contributed by atoms with Gasteiger partial charge in [0, 0.05) is 16.9 Å². The maximum Gasteiger partial charge on any atom is 0.316 e. The van der Waals surface area contributed by atoms with E-state index >= 15 is 0 Å². The van der Waals surface area contributed by atoms with E-state index in [1.54, 1.807) is 18.5 Å². The van der Waals surface area contributed by atoms with Crippen molar-refractivity contribution in [2.75, 3.05) is 0 Å². The molecule has 0 radical (unpaired) electrons. The average molecular weight is 265 g/mol. The first kappa shape index (κ1) is 10.1. The van der Waals surface area contributed by atoms with Crippen LogP contribution >= 0.6 is 15.9 Å². The summed E-state index contributed by atoms with van der Waals surface area (Å²) in [6.45, 7) is 0.476. The summed E-state index contributed by atoms with van der Waals surface area (Å²) in [7, 11) is 0. The highest BCUT2D eigenvalue weighted by Crippen LogP contribution is 2.12. The van der Waals surface area contributed by atoms with Crippen molar-refractivity contribution in [3.8, 4) is 6.01 Å². The minimum absolute atomic E-state index is 0.400. The van der Waals surface area contributed by atoms with Gasteiger partial charge in [-0.05, 0) is 23.8 Å². The maximum absolute atomic E-state index is 5.40. The van der Waals surface area contributed by atoms with Gasteiger partial charge in [-0.3, -0.25) is 0 Å². The number of nitrogens with zero attached hydrogens (tertiary/aromatic N) is 2.